The molecule has 0 spiro atoms. The number of rotatable bonds is 6. The van der Waals surface area contributed by atoms with Gasteiger partial charge in [-0.2, -0.15) is 74.0 Å². The van der Waals surface area contributed by atoms with Crippen molar-refractivity contribution in [2.75, 3.05) is 33.7 Å². The molecule has 344 valence electrons. The molecule has 0 saturated heterocycles. The summed E-state index contributed by atoms with van der Waals surface area (Å²) in [4.78, 5) is 17.1. The molecule has 2 aromatic heterocycles. The van der Waals surface area contributed by atoms with E-state index in [1.54, 1.807) is 0 Å². The first kappa shape index (κ1) is 48.7. The van der Waals surface area contributed by atoms with Crippen molar-refractivity contribution in [3.63, 3.8) is 0 Å². The number of imidazole rings is 2. The number of hydrogen-bond donors (Lipinski definition) is 0. The number of anilines is 6. The van der Waals surface area contributed by atoms with Crippen LogP contribution in [-0.4, -0.2) is 33.2 Å². The minimum Gasteiger partial charge on any atom is -0.504 e. The van der Waals surface area contributed by atoms with Gasteiger partial charge in [-0.25, -0.2) is 0 Å². The van der Waals surface area contributed by atoms with Gasteiger partial charge in [-0.3, -0.25) is 0 Å². The third-order valence-corrected chi connectivity index (χ3v) is 10.8. The summed E-state index contributed by atoms with van der Waals surface area (Å²) in [5.74, 6) is 0. The van der Waals surface area contributed by atoms with Crippen LogP contribution in [0.1, 0.15) is 0 Å². The van der Waals surface area contributed by atoms with Crippen LogP contribution in [0, 0.1) is 38.1 Å². The number of benzene rings is 8. The zero-order chi connectivity index (χ0) is 44.9. The van der Waals surface area contributed by atoms with Crippen LogP contribution in [0.2, 0.25) is 0 Å². The van der Waals surface area contributed by atoms with Gasteiger partial charge in [-0.05, 0) is 72.3 Å². The molecule has 0 fully saturated rings. The van der Waals surface area contributed by atoms with Crippen molar-refractivity contribution in [1.82, 2.24) is 19.1 Å². The van der Waals surface area contributed by atoms with E-state index >= 15 is 0 Å². The summed E-state index contributed by atoms with van der Waals surface area (Å²) in [6, 6.07) is 79.6. The molecule has 4 heterocycles. The Morgan fingerprint density at radius 1 is 0.368 bits per heavy atom. The van der Waals surface area contributed by atoms with Crippen molar-refractivity contribution in [2.45, 2.75) is 0 Å². The van der Waals surface area contributed by atoms with Crippen LogP contribution in [0.4, 0.5) is 34.1 Å². The largest absolute Gasteiger partial charge is 0.504 e. The SMILES string of the molecule is CN1[CH-]N(c2[c-]cccc2)c2ccccc21.CN1[CH-]N(c2[c-]cccc2)c2ccccc21.[Pt].[Pt].[c-]1nc(-c2ccccc2)cn1-c1ccccc1.[c-]1nc(-c2ccccc2)cn1-c1ccccc1. The first-order chi connectivity index (χ1) is 32.6. The van der Waals surface area contributed by atoms with Crippen LogP contribution in [0.3, 0.4) is 0 Å². The molecule has 12 rings (SSSR count). The maximum atomic E-state index is 4.30. The third-order valence-electron chi connectivity index (χ3n) is 10.8. The smallest absolute Gasteiger partial charge is 0.0413 e. The molecule has 2 aliphatic rings. The number of para-hydroxylation sites is 8. The average molecular weight is 1250 g/mol. The summed E-state index contributed by atoms with van der Waals surface area (Å²) < 4.78 is 3.81. The van der Waals surface area contributed by atoms with Gasteiger partial charge in [-0.1, -0.05) is 158 Å². The minimum absolute atomic E-state index is 0. The van der Waals surface area contributed by atoms with Gasteiger partial charge in [0.2, 0.25) is 0 Å². The summed E-state index contributed by atoms with van der Waals surface area (Å²) in [5, 5.41) is 0. The van der Waals surface area contributed by atoms with Crippen molar-refractivity contribution in [3.8, 4) is 33.9 Å². The predicted molar refractivity (Wildman–Crippen MR) is 269 cm³/mol. The molecule has 0 unspecified atom stereocenters. The summed E-state index contributed by atoms with van der Waals surface area (Å²) in [7, 11) is 4.11. The first-order valence-corrected chi connectivity index (χ1v) is 21.6. The van der Waals surface area contributed by atoms with E-state index in [1.807, 2.05) is 179 Å². The molecule has 0 N–H and O–H groups in total. The summed E-state index contributed by atoms with van der Waals surface area (Å²) in [6.45, 7) is 4.16. The van der Waals surface area contributed by atoms with E-state index in [2.05, 4.69) is 142 Å². The molecule has 0 aliphatic carbocycles. The molecule has 0 atom stereocenters. The fraction of sp³-hybridized carbons (Fsp3) is 0.0345. The Labute approximate surface area is 429 Å². The van der Waals surface area contributed by atoms with E-state index in [1.165, 1.54) is 22.7 Å². The van der Waals surface area contributed by atoms with Gasteiger partial charge in [0, 0.05) is 77.5 Å². The number of nitrogens with zero attached hydrogens (tertiary/aromatic N) is 8. The molecule has 10 aromatic rings. The summed E-state index contributed by atoms with van der Waals surface area (Å²) in [5.41, 5.74) is 13.2. The average Bonchev–Trinajstić information content (AvgIpc) is 4.23. The maximum Gasteiger partial charge on any atom is 0.0413 e. The Kier molecular flexibility index (Phi) is 17.2. The monoisotopic (exact) mass is 1240 g/mol. The zero-order valence-electron chi connectivity index (χ0n) is 37.3. The summed E-state index contributed by atoms with van der Waals surface area (Å²) in [6.07, 6.45) is 9.96. The molecular formula is C58H46N8Pt2-6. The van der Waals surface area contributed by atoms with Crippen LogP contribution in [-0.2, 0) is 42.1 Å². The number of fused-ring (bicyclic) bond motifs is 2. The molecule has 2 aliphatic heterocycles. The van der Waals surface area contributed by atoms with Crippen LogP contribution < -0.4 is 19.6 Å². The Bertz CT molecular complexity index is 2710. The molecule has 10 heteroatoms. The Morgan fingerprint density at radius 3 is 1.04 bits per heavy atom. The van der Waals surface area contributed by atoms with Crippen LogP contribution in [0.15, 0.2) is 231 Å². The van der Waals surface area contributed by atoms with Crippen molar-refractivity contribution in [1.29, 1.82) is 0 Å². The molecule has 0 radical (unpaired) electrons. The van der Waals surface area contributed by atoms with E-state index in [-0.39, 0.29) is 42.1 Å². The van der Waals surface area contributed by atoms with Gasteiger partial charge in [-0.15, -0.1) is 11.4 Å². The third kappa shape index (κ3) is 11.8. The zero-order valence-corrected chi connectivity index (χ0v) is 41.8. The van der Waals surface area contributed by atoms with Gasteiger partial charge in [0.25, 0.3) is 0 Å². The second kappa shape index (κ2) is 24.0. The quantitative estimate of drug-likeness (QED) is 0.155. The van der Waals surface area contributed by atoms with E-state index in [4.69, 9.17) is 0 Å². The molecule has 0 amide bonds. The molecular weight excluding hydrogens is 1200 g/mol. The standard InChI is InChI=1S/2C15H11N2.2C14H12N2.2Pt/c2*1-3-7-13(8-4-1)15-11-17(12-16-15)14-9-5-2-6-10-14;2*1-15-11-16(12-7-3-2-4-8-12)14-10-6-5-9-13(14)15;;/h2*1-11H;2*2-7,9-11H,1H3;;/q2*-1;2*-2;;. The van der Waals surface area contributed by atoms with E-state index in [0.29, 0.717) is 0 Å². The van der Waals surface area contributed by atoms with Crippen molar-refractivity contribution in [3.05, 3.63) is 269 Å². The second-order valence-corrected chi connectivity index (χ2v) is 15.3. The van der Waals surface area contributed by atoms with Gasteiger partial charge in [0.1, 0.15) is 0 Å². The molecule has 0 bridgehead atoms. The van der Waals surface area contributed by atoms with Gasteiger partial charge >= 0.3 is 0 Å². The van der Waals surface area contributed by atoms with Crippen LogP contribution >= 0.6 is 0 Å². The van der Waals surface area contributed by atoms with E-state index in [9.17, 15) is 0 Å². The van der Waals surface area contributed by atoms with Crippen molar-refractivity contribution < 1.29 is 42.1 Å². The Balaban J connectivity index is 0.000000133. The van der Waals surface area contributed by atoms with Crippen molar-refractivity contribution in [2.24, 2.45) is 0 Å². The molecule has 8 nitrogen and oxygen atoms in total. The van der Waals surface area contributed by atoms with E-state index < -0.39 is 0 Å². The molecule has 0 saturated carbocycles. The topological polar surface area (TPSA) is 48.6 Å². The maximum absolute atomic E-state index is 4.30. The Morgan fingerprint density at radius 2 is 0.691 bits per heavy atom. The fourth-order valence-corrected chi connectivity index (χ4v) is 7.49. The van der Waals surface area contributed by atoms with Gasteiger partial charge < -0.3 is 38.7 Å². The number of hydrogen-bond acceptors (Lipinski definition) is 6. The van der Waals surface area contributed by atoms with Crippen molar-refractivity contribution >= 4 is 34.1 Å². The molecule has 8 aromatic carbocycles. The van der Waals surface area contributed by atoms with Crippen LogP contribution in [0.25, 0.3) is 33.9 Å². The van der Waals surface area contributed by atoms with E-state index in [0.717, 1.165) is 45.3 Å². The predicted octanol–water partition coefficient (Wildman–Crippen LogP) is 13.1. The fourth-order valence-electron chi connectivity index (χ4n) is 7.49. The normalized spacial score (nSPS) is 11.8. The number of aromatic nitrogens is 4. The first-order valence-electron chi connectivity index (χ1n) is 21.6. The molecule has 68 heavy (non-hydrogen) atoms. The van der Waals surface area contributed by atoms with Gasteiger partial charge in [0.15, 0.2) is 0 Å². The van der Waals surface area contributed by atoms with Gasteiger partial charge in [0.05, 0.1) is 0 Å². The second-order valence-electron chi connectivity index (χ2n) is 15.3. The minimum atomic E-state index is 0. The van der Waals surface area contributed by atoms with Crippen LogP contribution in [0.5, 0.6) is 0 Å². The Hall–Kier alpha value is -7.24. The summed E-state index contributed by atoms with van der Waals surface area (Å²) >= 11 is 0.